The Morgan fingerprint density at radius 1 is 1.00 bits per heavy atom. The molecule has 0 N–H and O–H groups in total. The van der Waals surface area contributed by atoms with Crippen molar-refractivity contribution in [1.82, 2.24) is 18.7 Å². The summed E-state index contributed by atoms with van der Waals surface area (Å²) in [5, 5.41) is 0. The molecule has 2 aromatic carbocycles. The van der Waals surface area contributed by atoms with Crippen LogP contribution in [0, 0.1) is 0 Å². The molecule has 0 saturated heterocycles. The first-order valence-electron chi connectivity index (χ1n) is 9.74. The quantitative estimate of drug-likeness (QED) is 0.522. The first-order chi connectivity index (χ1) is 14.6. The van der Waals surface area contributed by atoms with Gasteiger partial charge in [-0.05, 0) is 17.7 Å². The lowest BCUT2D eigenvalue weighted by Gasteiger charge is -2.18. The Morgan fingerprint density at radius 3 is 2.50 bits per heavy atom. The van der Waals surface area contributed by atoms with E-state index < -0.39 is 0 Å². The monoisotopic (exact) mass is 403 g/mol. The van der Waals surface area contributed by atoms with Gasteiger partial charge in [-0.3, -0.25) is 13.9 Å². The summed E-state index contributed by atoms with van der Waals surface area (Å²) in [6.07, 6.45) is 0. The number of ether oxygens (including phenoxy) is 1. The molecule has 2 aromatic heterocycles. The number of fused-ring (bicyclic) bond motifs is 3. The van der Waals surface area contributed by atoms with Crippen molar-refractivity contribution < 1.29 is 4.74 Å². The number of aromatic nitrogens is 4. The highest BCUT2D eigenvalue weighted by molar-refractivity contribution is 5.79. The Bertz CT molecular complexity index is 1370. The maximum atomic E-state index is 13.3. The smallest absolute Gasteiger partial charge is 0.332 e. The van der Waals surface area contributed by atoms with Crippen molar-refractivity contribution in [3.05, 3.63) is 81.0 Å². The molecule has 4 aromatic rings. The zero-order valence-corrected chi connectivity index (χ0v) is 16.8. The number of anilines is 2. The Kier molecular flexibility index (Phi) is 4.20. The van der Waals surface area contributed by atoms with Crippen LogP contribution in [-0.2, 0) is 20.1 Å². The average molecular weight is 403 g/mol. The lowest BCUT2D eigenvalue weighted by Crippen LogP contribution is -2.40. The Hall–Kier alpha value is -3.81. The number of hydrogen-bond donors (Lipinski definition) is 0. The number of benzene rings is 2. The highest BCUT2D eigenvalue weighted by Gasteiger charge is 2.30. The predicted octanol–water partition coefficient (Wildman–Crippen LogP) is 2.11. The summed E-state index contributed by atoms with van der Waals surface area (Å²) in [5.74, 6) is 1.37. The maximum Gasteiger partial charge on any atom is 0.332 e. The van der Waals surface area contributed by atoms with Gasteiger partial charge in [0.2, 0.25) is 5.95 Å². The number of nitrogens with zero attached hydrogens (tertiary/aromatic N) is 5. The van der Waals surface area contributed by atoms with Crippen LogP contribution in [0.2, 0.25) is 0 Å². The molecule has 0 fully saturated rings. The van der Waals surface area contributed by atoms with Crippen molar-refractivity contribution >= 4 is 22.8 Å². The van der Waals surface area contributed by atoms with Crippen molar-refractivity contribution in [1.29, 1.82) is 0 Å². The van der Waals surface area contributed by atoms with Crippen molar-refractivity contribution in [2.24, 2.45) is 7.05 Å². The molecule has 0 aliphatic carbocycles. The van der Waals surface area contributed by atoms with Crippen LogP contribution < -0.4 is 20.9 Å². The average Bonchev–Trinajstić information content (AvgIpc) is 3.35. The topological polar surface area (TPSA) is 74.3 Å². The van der Waals surface area contributed by atoms with Gasteiger partial charge < -0.3 is 14.2 Å². The molecule has 8 nitrogen and oxygen atoms in total. The number of hydrogen-bond acceptors (Lipinski definition) is 5. The molecular formula is C22H21N5O3. The Morgan fingerprint density at radius 2 is 1.73 bits per heavy atom. The molecule has 152 valence electrons. The third-order valence-electron chi connectivity index (χ3n) is 5.56. The van der Waals surface area contributed by atoms with Gasteiger partial charge >= 0.3 is 5.69 Å². The SMILES string of the molecule is COc1ccccc1N1CCn2c1nc1c2c(=O)n(Cc2ccccc2)c(=O)n1C. The highest BCUT2D eigenvalue weighted by atomic mass is 16.5. The van der Waals surface area contributed by atoms with Crippen molar-refractivity contribution in [2.75, 3.05) is 18.6 Å². The zero-order valence-electron chi connectivity index (χ0n) is 16.8. The fraction of sp³-hybridized carbons (Fsp3) is 0.227. The molecule has 0 unspecified atom stereocenters. The molecule has 5 rings (SSSR count). The second-order valence-electron chi connectivity index (χ2n) is 7.28. The van der Waals surface area contributed by atoms with Crippen LogP contribution in [0.25, 0.3) is 11.2 Å². The van der Waals surface area contributed by atoms with E-state index in [9.17, 15) is 9.59 Å². The molecular weight excluding hydrogens is 382 g/mol. The van der Waals surface area contributed by atoms with E-state index in [0.717, 1.165) is 17.0 Å². The molecule has 0 atom stereocenters. The molecule has 0 bridgehead atoms. The number of rotatable bonds is 4. The summed E-state index contributed by atoms with van der Waals surface area (Å²) in [5.41, 5.74) is 1.91. The summed E-state index contributed by atoms with van der Waals surface area (Å²) in [6.45, 7) is 1.49. The third kappa shape index (κ3) is 2.64. The van der Waals surface area contributed by atoms with Crippen LogP contribution in [0.3, 0.4) is 0 Å². The zero-order chi connectivity index (χ0) is 20.8. The minimum atomic E-state index is -0.378. The molecule has 0 radical (unpaired) electrons. The summed E-state index contributed by atoms with van der Waals surface area (Å²) >= 11 is 0. The molecule has 30 heavy (non-hydrogen) atoms. The molecule has 3 heterocycles. The Balaban J connectivity index is 1.70. The van der Waals surface area contributed by atoms with E-state index in [1.165, 1.54) is 9.13 Å². The molecule has 8 heteroatoms. The fourth-order valence-corrected chi connectivity index (χ4v) is 4.06. The largest absolute Gasteiger partial charge is 0.495 e. The lowest BCUT2D eigenvalue weighted by atomic mass is 10.2. The number of aryl methyl sites for hydroxylation is 1. The minimum absolute atomic E-state index is 0.221. The first-order valence-corrected chi connectivity index (χ1v) is 9.74. The van der Waals surface area contributed by atoms with Crippen LogP contribution in [0.15, 0.2) is 64.2 Å². The molecule has 1 aliphatic heterocycles. The van der Waals surface area contributed by atoms with E-state index in [1.54, 1.807) is 14.2 Å². The van der Waals surface area contributed by atoms with E-state index in [1.807, 2.05) is 64.1 Å². The van der Waals surface area contributed by atoms with Gasteiger partial charge in [0, 0.05) is 20.1 Å². The summed E-state index contributed by atoms with van der Waals surface area (Å²) in [6, 6.07) is 17.2. The summed E-state index contributed by atoms with van der Waals surface area (Å²) < 4.78 is 10.1. The van der Waals surface area contributed by atoms with Crippen LogP contribution in [0.4, 0.5) is 11.6 Å². The first kappa shape index (κ1) is 18.2. The van der Waals surface area contributed by atoms with Gasteiger partial charge in [0.15, 0.2) is 11.2 Å². The highest BCUT2D eigenvalue weighted by Crippen LogP contribution is 2.36. The van der Waals surface area contributed by atoms with E-state index in [4.69, 9.17) is 4.74 Å². The van der Waals surface area contributed by atoms with Gasteiger partial charge in [-0.2, -0.15) is 4.98 Å². The second kappa shape index (κ2) is 6.91. The molecule has 0 spiro atoms. The van der Waals surface area contributed by atoms with Crippen molar-refractivity contribution in [3.8, 4) is 5.75 Å². The standard InChI is InChI=1S/C22H21N5O3/c1-24-19-18(20(28)27(22(24)29)14-15-8-4-3-5-9-15)26-13-12-25(21(26)23-19)16-10-6-7-11-17(16)30-2/h3-11H,12-14H2,1-2H3. The number of methoxy groups -OCH3 is 1. The van der Waals surface area contributed by atoms with Gasteiger partial charge in [0.25, 0.3) is 5.56 Å². The van der Waals surface area contributed by atoms with Crippen molar-refractivity contribution in [2.45, 2.75) is 13.1 Å². The van der Waals surface area contributed by atoms with Gasteiger partial charge in [0.1, 0.15) is 5.75 Å². The van der Waals surface area contributed by atoms with Crippen LogP contribution >= 0.6 is 0 Å². The van der Waals surface area contributed by atoms with E-state index in [-0.39, 0.29) is 17.8 Å². The van der Waals surface area contributed by atoms with Gasteiger partial charge in [-0.1, -0.05) is 42.5 Å². The van der Waals surface area contributed by atoms with Crippen LogP contribution in [0.1, 0.15) is 5.56 Å². The summed E-state index contributed by atoms with van der Waals surface area (Å²) in [4.78, 5) is 33.0. The van der Waals surface area contributed by atoms with Crippen molar-refractivity contribution in [3.63, 3.8) is 0 Å². The molecule has 1 aliphatic rings. The molecule has 0 saturated carbocycles. The van der Waals surface area contributed by atoms with Gasteiger partial charge in [0.05, 0.1) is 19.3 Å². The summed E-state index contributed by atoms with van der Waals surface area (Å²) in [7, 11) is 3.28. The third-order valence-corrected chi connectivity index (χ3v) is 5.56. The number of para-hydroxylation sites is 2. The predicted molar refractivity (Wildman–Crippen MR) is 115 cm³/mol. The fourth-order valence-electron chi connectivity index (χ4n) is 4.06. The number of imidazole rings is 1. The normalized spacial score (nSPS) is 13.1. The lowest BCUT2D eigenvalue weighted by molar-refractivity contribution is 0.415. The van der Waals surface area contributed by atoms with E-state index >= 15 is 0 Å². The van der Waals surface area contributed by atoms with E-state index in [0.29, 0.717) is 30.2 Å². The van der Waals surface area contributed by atoms with Gasteiger partial charge in [-0.15, -0.1) is 0 Å². The molecule has 0 amide bonds. The van der Waals surface area contributed by atoms with Crippen LogP contribution in [-0.4, -0.2) is 32.3 Å². The van der Waals surface area contributed by atoms with E-state index in [2.05, 4.69) is 4.98 Å². The van der Waals surface area contributed by atoms with Crippen LogP contribution in [0.5, 0.6) is 5.75 Å². The maximum absolute atomic E-state index is 13.3. The minimum Gasteiger partial charge on any atom is -0.495 e. The van der Waals surface area contributed by atoms with Gasteiger partial charge in [-0.25, -0.2) is 4.79 Å². The Labute approximate surface area is 172 Å². The second-order valence-corrected chi connectivity index (χ2v) is 7.28.